The lowest BCUT2D eigenvalue weighted by molar-refractivity contribution is -0.138. The van der Waals surface area contributed by atoms with Gasteiger partial charge in [-0.3, -0.25) is 81.9 Å². The van der Waals surface area contributed by atoms with Crippen molar-refractivity contribution in [2.24, 2.45) is 66.0 Å². The number of carbonyl (C=O) groups excluding carboxylic acids is 10. The number of nitrogens with two attached hydrogens (primary N) is 7. The van der Waals surface area contributed by atoms with Crippen LogP contribution in [0.4, 0.5) is 5.69 Å². The standard InChI is InChI=1S/C77H113N19O17S3/c1-9-85-62(76(5,6)54-42-52(115(107,108)109)30-25-47(54)2)22-12-10-13-23-63-77(7,8)55-43-53(116(110,111)112)31-32-60(55)95(63)38-15-11-14-24-64(98)86-36-39-96-66(100)44-61(72(96)106)114-46-59(69(103)87-37-40-113-45-65(99)91-58(67(78)101)41-50-26-28-51(29-27-50)49(4)97)94-71(105)57(21-18-35-90-75(83)84)93-70(104)56(20-17-34-89-74(81)82)92-68(102)48(3)19-16-33-88-73(79)80/h10,12-13,22-23,25-32,42-43,48,56-59,61H,9,11,14-21,24,33-41,44-46H2,1-8H3,(H2,78,101)(H,86,98)(H,87,103)(H,91,99)(H,92,102)(H,93,104)(H,94,105)(H4,79,80,88)(H4,81,82,89)(H4,83,84,90)(H,107,108,109)(H,110,111,112)/b13-10+,22-12+,63-23+,85-62?/t48-,56-,57-,58+,59-,61?/m1/s1. The second-order valence-electron chi connectivity index (χ2n) is 29.0. The van der Waals surface area contributed by atoms with E-state index in [1.807, 2.05) is 59.8 Å². The molecule has 39 heteroatoms. The number of nitrogens with zero attached hydrogens (tertiary/aromatic N) is 6. The summed E-state index contributed by atoms with van der Waals surface area (Å²) in [5.41, 5.74) is 42.6. The summed E-state index contributed by atoms with van der Waals surface area (Å²) in [6.45, 7) is 14.2. The summed E-state index contributed by atoms with van der Waals surface area (Å²) < 4.78 is 74.3. The maximum Gasteiger partial charge on any atom is 0.294 e. The van der Waals surface area contributed by atoms with E-state index < -0.39 is 120 Å². The number of thioether (sulfide) groups is 1. The predicted molar refractivity (Wildman–Crippen MR) is 444 cm³/mol. The van der Waals surface area contributed by atoms with E-state index in [4.69, 9.17) is 49.9 Å². The molecule has 6 atom stereocenters. The smallest absolute Gasteiger partial charge is 0.294 e. The van der Waals surface area contributed by atoms with E-state index >= 15 is 0 Å². The normalized spacial score (nSPS) is 15.9. The number of Topliss-reactive ketones (excluding diaryl/α,β-unsaturated/α-hetero) is 1. The molecule has 636 valence electrons. The number of rotatable bonds is 49. The van der Waals surface area contributed by atoms with E-state index in [2.05, 4.69) is 51.8 Å². The van der Waals surface area contributed by atoms with Gasteiger partial charge in [-0.2, -0.15) is 16.8 Å². The highest BCUT2D eigenvalue weighted by molar-refractivity contribution is 8.00. The maximum atomic E-state index is 14.6. The molecule has 0 saturated carbocycles. The number of ketones is 1. The quantitative estimate of drug-likeness (QED) is 0.00722. The molecular formula is C77H113N19O17S3. The number of aryl methyl sites for hydroxylation is 1. The Bertz CT molecular complexity index is 4460. The van der Waals surface area contributed by atoms with Crippen molar-refractivity contribution in [1.29, 1.82) is 0 Å². The molecule has 3 aromatic carbocycles. The van der Waals surface area contributed by atoms with Gasteiger partial charge >= 0.3 is 0 Å². The highest BCUT2D eigenvalue weighted by atomic mass is 32.2. The van der Waals surface area contributed by atoms with Gasteiger partial charge in [0.1, 0.15) is 30.8 Å². The molecule has 5 rings (SSSR count). The van der Waals surface area contributed by atoms with Gasteiger partial charge in [-0.1, -0.05) is 89.6 Å². The van der Waals surface area contributed by atoms with Crippen LogP contribution in [0.15, 0.2) is 127 Å². The van der Waals surface area contributed by atoms with Gasteiger partial charge in [-0.05, 0) is 137 Å². The number of anilines is 1. The number of primary amides is 1. The van der Waals surface area contributed by atoms with Gasteiger partial charge in [0.25, 0.3) is 20.2 Å². The zero-order chi connectivity index (χ0) is 86.3. The molecule has 2 heterocycles. The number of aliphatic imine (C=N–C) groups is 4. The molecule has 1 unspecified atom stereocenters. The Morgan fingerprint density at radius 2 is 1.23 bits per heavy atom. The summed E-state index contributed by atoms with van der Waals surface area (Å²) in [6.07, 6.45) is 11.5. The molecule has 2 aliphatic heterocycles. The number of fused-ring (bicyclic) bond motifs is 1. The molecule has 1 fully saturated rings. The number of allylic oxidation sites excluding steroid dienone is 6. The summed E-state index contributed by atoms with van der Waals surface area (Å²) in [4.78, 5) is 154. The second kappa shape index (κ2) is 45.6. The SMILES string of the molecule is CCN=C(/C=C/C=C/C=C1/N(CCCCCC(=O)NCCN2C(=O)CC(SC[C@@H](NC(=O)[C@@H](CCCN=C(N)N)NC(=O)[C@@H](CCCN=C(N)N)NC(=O)[C@H](C)CCCN=C(N)N)C(=O)NCCOCC(=O)N[C@@H](Cc3ccc(C(C)=O)cc3)C(N)=O)C2=O)c2ccc(S(=O)(=O)O)cc2C1(C)C)C(C)(C)c1cc(S(=O)(=O)O)ccc1C. The largest absolute Gasteiger partial charge is 0.370 e. The predicted octanol–water partition coefficient (Wildman–Crippen LogP) is 1.36. The number of imide groups is 1. The molecule has 2 aliphatic rings. The van der Waals surface area contributed by atoms with Crippen molar-refractivity contribution in [3.05, 3.63) is 125 Å². The fourth-order valence-corrected chi connectivity index (χ4v) is 15.1. The molecule has 22 N–H and O–H groups in total. The molecule has 0 bridgehead atoms. The molecule has 0 aliphatic carbocycles. The van der Waals surface area contributed by atoms with Crippen molar-refractivity contribution >= 4 is 120 Å². The van der Waals surface area contributed by atoms with Crippen molar-refractivity contribution in [3.8, 4) is 0 Å². The summed E-state index contributed by atoms with van der Waals surface area (Å²) in [6, 6.07) is 9.93. The van der Waals surface area contributed by atoms with Gasteiger partial charge in [0.05, 0.1) is 21.6 Å². The van der Waals surface area contributed by atoms with Crippen LogP contribution < -0.4 is 76.9 Å². The van der Waals surface area contributed by atoms with Crippen LogP contribution in [0.5, 0.6) is 0 Å². The Kier molecular flexibility index (Phi) is 37.7. The van der Waals surface area contributed by atoms with E-state index in [9.17, 15) is 73.9 Å². The zero-order valence-electron chi connectivity index (χ0n) is 66.9. The fraction of sp³-hybridized carbons (Fsp3) is 0.506. The number of hydrogen-bond donors (Lipinski definition) is 15. The van der Waals surface area contributed by atoms with Crippen molar-refractivity contribution in [2.75, 3.05) is 76.2 Å². The van der Waals surface area contributed by atoms with E-state index in [-0.39, 0.29) is 136 Å². The van der Waals surface area contributed by atoms with E-state index in [0.29, 0.717) is 73.2 Å². The minimum atomic E-state index is -4.56. The van der Waals surface area contributed by atoms with Crippen LogP contribution >= 0.6 is 11.8 Å². The minimum Gasteiger partial charge on any atom is -0.370 e. The maximum absolute atomic E-state index is 14.6. The first-order valence-corrected chi connectivity index (χ1v) is 41.9. The van der Waals surface area contributed by atoms with Crippen LogP contribution in [-0.4, -0.2) is 214 Å². The van der Waals surface area contributed by atoms with Crippen molar-refractivity contribution in [2.45, 2.75) is 182 Å². The first kappa shape index (κ1) is 96.0. The topological polar surface area (TPSA) is 599 Å². The van der Waals surface area contributed by atoms with Gasteiger partial charge < -0.3 is 81.7 Å². The average molecular weight is 1670 g/mol. The summed E-state index contributed by atoms with van der Waals surface area (Å²) in [5.74, 6) is -7.82. The number of hydrogen-bond acceptors (Lipinski definition) is 21. The highest BCUT2D eigenvalue weighted by Crippen LogP contribution is 2.49. The Hall–Kier alpha value is -10.6. The number of nitrogens with one attached hydrogen (secondary N) is 6. The van der Waals surface area contributed by atoms with E-state index in [0.717, 1.165) is 33.6 Å². The van der Waals surface area contributed by atoms with Crippen LogP contribution in [0.3, 0.4) is 0 Å². The lowest BCUT2D eigenvalue weighted by Gasteiger charge is -2.28. The lowest BCUT2D eigenvalue weighted by Crippen LogP contribution is -2.57. The third-order valence-electron chi connectivity index (χ3n) is 19.2. The Labute approximate surface area is 681 Å². The van der Waals surface area contributed by atoms with Crippen LogP contribution in [0.25, 0.3) is 0 Å². The third kappa shape index (κ3) is 30.5. The van der Waals surface area contributed by atoms with Crippen LogP contribution in [-0.2, 0) is 85.4 Å². The van der Waals surface area contributed by atoms with E-state index in [1.54, 1.807) is 55.5 Å². The van der Waals surface area contributed by atoms with Gasteiger partial charge in [0.15, 0.2) is 23.7 Å². The number of likely N-dealkylation sites (tertiary alicyclic amines) is 1. The average Bonchev–Trinajstić information content (AvgIpc) is 1.58. The van der Waals surface area contributed by atoms with Gasteiger partial charge in [0.2, 0.25) is 53.2 Å². The molecule has 116 heavy (non-hydrogen) atoms. The molecule has 1 saturated heterocycles. The molecule has 0 spiro atoms. The number of guanidine groups is 3. The van der Waals surface area contributed by atoms with E-state index in [1.165, 1.54) is 31.2 Å². The fourth-order valence-electron chi connectivity index (χ4n) is 12.9. The molecular weight excluding hydrogens is 1560 g/mol. The number of benzene rings is 3. The second-order valence-corrected chi connectivity index (χ2v) is 33.1. The van der Waals surface area contributed by atoms with Crippen molar-refractivity contribution in [1.82, 2.24) is 36.8 Å². The summed E-state index contributed by atoms with van der Waals surface area (Å²) in [5, 5.41) is 15.0. The summed E-state index contributed by atoms with van der Waals surface area (Å²) >= 11 is 0.883. The lowest BCUT2D eigenvalue weighted by atomic mass is 9.77. The first-order chi connectivity index (χ1) is 54.6. The highest BCUT2D eigenvalue weighted by Gasteiger charge is 2.42. The minimum absolute atomic E-state index is 0.00215. The van der Waals surface area contributed by atoms with Crippen LogP contribution in [0.1, 0.15) is 152 Å². The third-order valence-corrected chi connectivity index (χ3v) is 22.2. The first-order valence-electron chi connectivity index (χ1n) is 38.0. The molecule has 9 amide bonds. The monoisotopic (exact) mass is 1670 g/mol. The Morgan fingerprint density at radius 3 is 1.81 bits per heavy atom. The van der Waals surface area contributed by atoms with Crippen LogP contribution in [0.2, 0.25) is 0 Å². The summed E-state index contributed by atoms with van der Waals surface area (Å²) in [7, 11) is -9.04. The number of unbranched alkanes of at least 4 members (excludes halogenated alkanes) is 2. The Balaban J connectivity index is 1.26. The van der Waals surface area contributed by atoms with Crippen molar-refractivity contribution < 1.29 is 78.6 Å². The van der Waals surface area contributed by atoms with Gasteiger partial charge in [-0.25, -0.2) is 0 Å². The van der Waals surface area contributed by atoms with Crippen LogP contribution in [0, 0.1) is 12.8 Å². The molecule has 0 aromatic heterocycles. The number of carbonyl (C=O) groups is 10. The zero-order valence-corrected chi connectivity index (χ0v) is 69.3. The number of amides is 9. The van der Waals surface area contributed by atoms with Gasteiger partial charge in [0, 0.05) is 117 Å². The van der Waals surface area contributed by atoms with Crippen molar-refractivity contribution in [3.63, 3.8) is 0 Å². The number of ether oxygens (including phenoxy) is 1. The molecule has 3 aromatic rings. The molecule has 36 nitrogen and oxygen atoms in total. The Morgan fingerprint density at radius 1 is 0.655 bits per heavy atom. The molecule has 0 radical (unpaired) electrons. The van der Waals surface area contributed by atoms with Gasteiger partial charge in [-0.15, -0.1) is 11.8 Å².